The predicted molar refractivity (Wildman–Crippen MR) is 59.8 cm³/mol. The number of rotatable bonds is 4. The molecule has 1 fully saturated rings. The van der Waals surface area contributed by atoms with Crippen LogP contribution in [-0.2, 0) is 9.53 Å². The van der Waals surface area contributed by atoms with Gasteiger partial charge in [0, 0.05) is 25.7 Å². The third-order valence-electron chi connectivity index (χ3n) is 2.79. The van der Waals surface area contributed by atoms with Crippen LogP contribution in [0.1, 0.15) is 26.7 Å². The lowest BCUT2D eigenvalue weighted by molar-refractivity contribution is -0.130. The molecule has 88 valence electrons. The Morgan fingerprint density at radius 1 is 1.47 bits per heavy atom. The average molecular weight is 214 g/mol. The first kappa shape index (κ1) is 12.5. The molecule has 1 unspecified atom stereocenters. The number of carbonyl (C=O) groups excluding carboxylic acids is 1. The minimum Gasteiger partial charge on any atom is -0.380 e. The van der Waals surface area contributed by atoms with E-state index in [0.29, 0.717) is 19.2 Å². The molecule has 0 saturated carbocycles. The van der Waals surface area contributed by atoms with Crippen LogP contribution in [0.5, 0.6) is 0 Å². The normalized spacial score (nSPS) is 19.7. The first-order valence-electron chi connectivity index (χ1n) is 5.83. The summed E-state index contributed by atoms with van der Waals surface area (Å²) in [6.45, 7) is 7.69. The number of amides is 1. The molecule has 0 spiro atoms. The van der Waals surface area contributed by atoms with E-state index in [4.69, 9.17) is 4.74 Å². The Labute approximate surface area is 92.0 Å². The van der Waals surface area contributed by atoms with Gasteiger partial charge in [-0.3, -0.25) is 4.79 Å². The van der Waals surface area contributed by atoms with Gasteiger partial charge in [-0.2, -0.15) is 0 Å². The van der Waals surface area contributed by atoms with Crippen molar-refractivity contribution in [1.82, 2.24) is 10.2 Å². The van der Waals surface area contributed by atoms with E-state index in [1.807, 2.05) is 4.90 Å². The highest BCUT2D eigenvalue weighted by atomic mass is 16.5. The van der Waals surface area contributed by atoms with E-state index in [2.05, 4.69) is 19.2 Å². The number of nitrogens with zero attached hydrogens (tertiary/aromatic N) is 1. The number of nitrogens with one attached hydrogen (secondary N) is 1. The molecule has 0 radical (unpaired) electrons. The lowest BCUT2D eigenvalue weighted by Gasteiger charge is -2.21. The van der Waals surface area contributed by atoms with Crippen molar-refractivity contribution < 1.29 is 9.53 Å². The molecule has 0 aromatic carbocycles. The quantitative estimate of drug-likeness (QED) is 0.746. The molecule has 1 N–H and O–H groups in total. The lowest BCUT2D eigenvalue weighted by Crippen LogP contribution is -2.41. The molecule has 15 heavy (non-hydrogen) atoms. The second-order valence-corrected chi connectivity index (χ2v) is 4.04. The summed E-state index contributed by atoms with van der Waals surface area (Å²) < 4.78 is 5.31. The molecule has 0 aliphatic carbocycles. The Hall–Kier alpha value is -0.610. The van der Waals surface area contributed by atoms with Gasteiger partial charge in [-0.25, -0.2) is 0 Å². The van der Waals surface area contributed by atoms with Gasteiger partial charge in [0.2, 0.25) is 5.91 Å². The molecule has 1 amide bonds. The maximum atomic E-state index is 11.8. The van der Waals surface area contributed by atoms with Crippen molar-refractivity contribution in [3.05, 3.63) is 0 Å². The highest BCUT2D eigenvalue weighted by Crippen LogP contribution is 1.99. The highest BCUT2D eigenvalue weighted by Gasteiger charge is 2.15. The standard InChI is InChI=1S/C11H22N2O2/c1-3-10(2)12-9-11(14)13-5-4-7-15-8-6-13/h10,12H,3-9H2,1-2H3. The van der Waals surface area contributed by atoms with Gasteiger partial charge in [0.1, 0.15) is 0 Å². The molecular weight excluding hydrogens is 192 g/mol. The fourth-order valence-corrected chi connectivity index (χ4v) is 1.51. The summed E-state index contributed by atoms with van der Waals surface area (Å²) in [5.41, 5.74) is 0. The van der Waals surface area contributed by atoms with Crippen molar-refractivity contribution in [3.8, 4) is 0 Å². The van der Waals surface area contributed by atoms with E-state index in [1.165, 1.54) is 0 Å². The van der Waals surface area contributed by atoms with Crippen molar-refractivity contribution in [2.24, 2.45) is 0 Å². The third kappa shape index (κ3) is 4.62. The Bertz CT molecular complexity index is 189. The van der Waals surface area contributed by atoms with Crippen LogP contribution < -0.4 is 5.32 Å². The fourth-order valence-electron chi connectivity index (χ4n) is 1.51. The minimum absolute atomic E-state index is 0.195. The van der Waals surface area contributed by atoms with Crippen LogP contribution in [0.15, 0.2) is 0 Å². The zero-order chi connectivity index (χ0) is 11.1. The van der Waals surface area contributed by atoms with Crippen LogP contribution >= 0.6 is 0 Å². The number of hydrogen-bond donors (Lipinski definition) is 1. The molecule has 4 nitrogen and oxygen atoms in total. The molecule has 0 aromatic rings. The van der Waals surface area contributed by atoms with E-state index in [-0.39, 0.29) is 5.91 Å². The summed E-state index contributed by atoms with van der Waals surface area (Å²) in [5, 5.41) is 3.22. The summed E-state index contributed by atoms with van der Waals surface area (Å²) >= 11 is 0. The van der Waals surface area contributed by atoms with Crippen LogP contribution in [0.2, 0.25) is 0 Å². The van der Waals surface area contributed by atoms with Gasteiger partial charge in [-0.15, -0.1) is 0 Å². The van der Waals surface area contributed by atoms with Gasteiger partial charge >= 0.3 is 0 Å². The van der Waals surface area contributed by atoms with E-state index >= 15 is 0 Å². The first-order valence-corrected chi connectivity index (χ1v) is 5.83. The smallest absolute Gasteiger partial charge is 0.236 e. The molecule has 1 heterocycles. The van der Waals surface area contributed by atoms with Crippen LogP contribution in [-0.4, -0.2) is 49.7 Å². The van der Waals surface area contributed by atoms with Gasteiger partial charge < -0.3 is 15.0 Å². The van der Waals surface area contributed by atoms with Gasteiger partial charge in [0.05, 0.1) is 13.2 Å². The van der Waals surface area contributed by atoms with Gasteiger partial charge in [-0.05, 0) is 19.8 Å². The number of hydrogen-bond acceptors (Lipinski definition) is 3. The van der Waals surface area contributed by atoms with Crippen LogP contribution in [0.3, 0.4) is 0 Å². The third-order valence-corrected chi connectivity index (χ3v) is 2.79. The minimum atomic E-state index is 0.195. The van der Waals surface area contributed by atoms with E-state index in [0.717, 1.165) is 32.5 Å². The molecule has 0 aromatic heterocycles. The maximum Gasteiger partial charge on any atom is 0.236 e. The largest absolute Gasteiger partial charge is 0.380 e. The zero-order valence-electron chi connectivity index (χ0n) is 9.79. The molecule has 4 heteroatoms. The van der Waals surface area contributed by atoms with E-state index in [1.54, 1.807) is 0 Å². The van der Waals surface area contributed by atoms with E-state index in [9.17, 15) is 4.79 Å². The number of carbonyl (C=O) groups is 1. The van der Waals surface area contributed by atoms with Crippen molar-refractivity contribution in [1.29, 1.82) is 0 Å². The van der Waals surface area contributed by atoms with Crippen molar-refractivity contribution in [2.75, 3.05) is 32.8 Å². The highest BCUT2D eigenvalue weighted by molar-refractivity contribution is 5.78. The molecular formula is C11H22N2O2. The Balaban J connectivity index is 2.25. The summed E-state index contributed by atoms with van der Waals surface area (Å²) in [7, 11) is 0. The van der Waals surface area contributed by atoms with Crippen LogP contribution in [0.4, 0.5) is 0 Å². The van der Waals surface area contributed by atoms with Crippen LogP contribution in [0, 0.1) is 0 Å². The molecule has 1 rings (SSSR count). The van der Waals surface area contributed by atoms with Crippen molar-refractivity contribution in [2.45, 2.75) is 32.7 Å². The van der Waals surface area contributed by atoms with Crippen LogP contribution in [0.25, 0.3) is 0 Å². The second-order valence-electron chi connectivity index (χ2n) is 4.04. The zero-order valence-corrected chi connectivity index (χ0v) is 9.79. The Kier molecular flexibility index (Phi) is 5.65. The lowest BCUT2D eigenvalue weighted by atomic mass is 10.2. The summed E-state index contributed by atoms with van der Waals surface area (Å²) in [5.74, 6) is 0.195. The fraction of sp³-hybridized carbons (Fsp3) is 0.909. The van der Waals surface area contributed by atoms with Crippen molar-refractivity contribution >= 4 is 5.91 Å². The second kappa shape index (κ2) is 6.80. The van der Waals surface area contributed by atoms with E-state index < -0.39 is 0 Å². The first-order chi connectivity index (χ1) is 7.24. The monoisotopic (exact) mass is 214 g/mol. The molecule has 0 bridgehead atoms. The van der Waals surface area contributed by atoms with Gasteiger partial charge in [-0.1, -0.05) is 6.92 Å². The summed E-state index contributed by atoms with van der Waals surface area (Å²) in [4.78, 5) is 13.7. The predicted octanol–water partition coefficient (Wildman–Crippen LogP) is 0.623. The average Bonchev–Trinajstić information content (AvgIpc) is 2.53. The molecule has 1 atom stereocenters. The van der Waals surface area contributed by atoms with Gasteiger partial charge in [0.25, 0.3) is 0 Å². The molecule has 1 aliphatic heterocycles. The molecule has 1 saturated heterocycles. The molecule has 1 aliphatic rings. The number of ether oxygens (including phenoxy) is 1. The Morgan fingerprint density at radius 3 is 3.00 bits per heavy atom. The Morgan fingerprint density at radius 2 is 2.27 bits per heavy atom. The van der Waals surface area contributed by atoms with Crippen molar-refractivity contribution in [3.63, 3.8) is 0 Å². The van der Waals surface area contributed by atoms with Gasteiger partial charge in [0.15, 0.2) is 0 Å². The summed E-state index contributed by atoms with van der Waals surface area (Å²) in [6.07, 6.45) is 2.01. The topological polar surface area (TPSA) is 41.6 Å². The SMILES string of the molecule is CCC(C)NCC(=O)N1CCCOCC1. The summed E-state index contributed by atoms with van der Waals surface area (Å²) in [6, 6.07) is 0.414. The maximum absolute atomic E-state index is 11.8.